The molecule has 0 aliphatic heterocycles. The molecule has 2 aromatic carbocycles. The topological polar surface area (TPSA) is 65.0 Å². The van der Waals surface area contributed by atoms with Crippen LogP contribution in [0.2, 0.25) is 0 Å². The number of aliphatic hydroxyl groups is 1. The first-order valence-corrected chi connectivity index (χ1v) is 8.45. The quantitative estimate of drug-likeness (QED) is 0.523. The fourth-order valence-corrected chi connectivity index (χ4v) is 2.09. The number of carbonyl (C=O) groups is 1. The van der Waals surface area contributed by atoms with Gasteiger partial charge >= 0.3 is 5.97 Å². The summed E-state index contributed by atoms with van der Waals surface area (Å²) in [7, 11) is 0. The number of rotatable bonds is 10. The summed E-state index contributed by atoms with van der Waals surface area (Å²) in [5.41, 5.74) is 1.42. The van der Waals surface area contributed by atoms with Gasteiger partial charge < -0.3 is 19.3 Å². The van der Waals surface area contributed by atoms with E-state index in [0.29, 0.717) is 30.1 Å². The van der Waals surface area contributed by atoms with Gasteiger partial charge in [-0.15, -0.1) is 0 Å². The molecule has 5 heteroatoms. The SMILES string of the molecule is C=C(C)C(=O)OCCc1ccc(OCC(O)COc2ccccc2)cc1. The van der Waals surface area contributed by atoms with Crippen LogP contribution in [0.4, 0.5) is 0 Å². The fraction of sp³-hybridized carbons (Fsp3) is 0.286. The second-order valence-corrected chi connectivity index (χ2v) is 5.90. The molecule has 0 heterocycles. The lowest BCUT2D eigenvalue weighted by Crippen LogP contribution is -2.25. The predicted molar refractivity (Wildman–Crippen MR) is 99.4 cm³/mol. The van der Waals surface area contributed by atoms with Crippen molar-refractivity contribution in [2.24, 2.45) is 0 Å². The van der Waals surface area contributed by atoms with E-state index in [-0.39, 0.29) is 19.2 Å². The average molecular weight is 356 g/mol. The number of aliphatic hydroxyl groups excluding tert-OH is 1. The maximum absolute atomic E-state index is 11.3. The highest BCUT2D eigenvalue weighted by Gasteiger charge is 2.07. The zero-order valence-electron chi connectivity index (χ0n) is 14.9. The van der Waals surface area contributed by atoms with Crippen molar-refractivity contribution in [3.05, 3.63) is 72.3 Å². The fourth-order valence-electron chi connectivity index (χ4n) is 2.09. The first-order valence-electron chi connectivity index (χ1n) is 8.45. The van der Waals surface area contributed by atoms with E-state index in [2.05, 4.69) is 6.58 Å². The number of esters is 1. The molecule has 2 aromatic rings. The standard InChI is InChI=1S/C21H24O5/c1-16(2)21(23)24-13-12-17-8-10-20(11-9-17)26-15-18(22)14-25-19-6-4-3-5-7-19/h3-11,18,22H,1,12-15H2,2H3. The maximum atomic E-state index is 11.3. The minimum atomic E-state index is -0.726. The lowest BCUT2D eigenvalue weighted by Gasteiger charge is -2.14. The van der Waals surface area contributed by atoms with Gasteiger partial charge in [0.2, 0.25) is 0 Å². The van der Waals surface area contributed by atoms with E-state index in [4.69, 9.17) is 14.2 Å². The molecular formula is C21H24O5. The summed E-state index contributed by atoms with van der Waals surface area (Å²) in [6, 6.07) is 16.8. The molecule has 0 spiro atoms. The monoisotopic (exact) mass is 356 g/mol. The summed E-state index contributed by atoms with van der Waals surface area (Å²) in [5.74, 6) is 0.992. The van der Waals surface area contributed by atoms with Gasteiger partial charge in [-0.25, -0.2) is 4.79 Å². The molecular weight excluding hydrogens is 332 g/mol. The van der Waals surface area contributed by atoms with Crippen LogP contribution >= 0.6 is 0 Å². The molecule has 26 heavy (non-hydrogen) atoms. The second kappa shape index (κ2) is 10.3. The Hall–Kier alpha value is -2.79. The summed E-state index contributed by atoms with van der Waals surface area (Å²) in [4.78, 5) is 11.3. The van der Waals surface area contributed by atoms with E-state index in [1.807, 2.05) is 54.6 Å². The van der Waals surface area contributed by atoms with Gasteiger partial charge in [0.05, 0.1) is 6.61 Å². The maximum Gasteiger partial charge on any atom is 0.333 e. The Morgan fingerprint density at radius 2 is 1.58 bits per heavy atom. The Kier molecular flexibility index (Phi) is 7.71. The minimum absolute atomic E-state index is 0.141. The third-order valence-corrected chi connectivity index (χ3v) is 3.52. The third-order valence-electron chi connectivity index (χ3n) is 3.52. The normalized spacial score (nSPS) is 11.5. The molecule has 1 atom stereocenters. The largest absolute Gasteiger partial charge is 0.491 e. The van der Waals surface area contributed by atoms with Crippen LogP contribution in [0.1, 0.15) is 12.5 Å². The Balaban J connectivity index is 1.68. The molecule has 1 N–H and O–H groups in total. The molecule has 1 unspecified atom stereocenters. The van der Waals surface area contributed by atoms with Crippen LogP contribution in [-0.4, -0.2) is 37.0 Å². The molecule has 0 fully saturated rings. The molecule has 0 bridgehead atoms. The first kappa shape index (κ1) is 19.5. The Morgan fingerprint density at radius 1 is 1.00 bits per heavy atom. The smallest absolute Gasteiger partial charge is 0.333 e. The molecule has 0 amide bonds. The van der Waals surface area contributed by atoms with Gasteiger partial charge in [-0.2, -0.15) is 0 Å². The van der Waals surface area contributed by atoms with E-state index >= 15 is 0 Å². The van der Waals surface area contributed by atoms with Crippen molar-refractivity contribution in [1.29, 1.82) is 0 Å². The molecule has 2 rings (SSSR count). The van der Waals surface area contributed by atoms with E-state index in [9.17, 15) is 9.90 Å². The van der Waals surface area contributed by atoms with E-state index in [0.717, 1.165) is 5.56 Å². The molecule has 0 aliphatic carbocycles. The molecule has 0 saturated heterocycles. The lowest BCUT2D eigenvalue weighted by molar-refractivity contribution is -0.138. The highest BCUT2D eigenvalue weighted by Crippen LogP contribution is 2.14. The number of hydrogen-bond acceptors (Lipinski definition) is 5. The van der Waals surface area contributed by atoms with Gasteiger partial charge in [0, 0.05) is 12.0 Å². The van der Waals surface area contributed by atoms with Gasteiger partial charge in [-0.1, -0.05) is 36.9 Å². The van der Waals surface area contributed by atoms with Crippen LogP contribution in [0.25, 0.3) is 0 Å². The summed E-state index contributed by atoms with van der Waals surface area (Å²) < 4.78 is 16.1. The van der Waals surface area contributed by atoms with Gasteiger partial charge in [0.25, 0.3) is 0 Å². The minimum Gasteiger partial charge on any atom is -0.491 e. The Morgan fingerprint density at radius 3 is 2.15 bits per heavy atom. The first-order chi connectivity index (χ1) is 12.5. The van der Waals surface area contributed by atoms with Crippen molar-refractivity contribution >= 4 is 5.97 Å². The van der Waals surface area contributed by atoms with E-state index in [1.54, 1.807) is 6.92 Å². The van der Waals surface area contributed by atoms with Crippen molar-refractivity contribution in [1.82, 2.24) is 0 Å². The molecule has 0 saturated carbocycles. The molecule has 0 aromatic heterocycles. The van der Waals surface area contributed by atoms with Crippen LogP contribution in [0.3, 0.4) is 0 Å². The van der Waals surface area contributed by atoms with Gasteiger partial charge in [0.1, 0.15) is 30.8 Å². The number of benzene rings is 2. The summed E-state index contributed by atoms with van der Waals surface area (Å²) in [5, 5.41) is 9.93. The van der Waals surface area contributed by atoms with Crippen molar-refractivity contribution in [3.63, 3.8) is 0 Å². The molecule has 0 aliphatic rings. The summed E-state index contributed by atoms with van der Waals surface area (Å²) in [6.45, 7) is 5.77. The van der Waals surface area contributed by atoms with Gasteiger partial charge in [-0.3, -0.25) is 0 Å². The van der Waals surface area contributed by atoms with Crippen LogP contribution in [-0.2, 0) is 16.0 Å². The number of hydrogen-bond donors (Lipinski definition) is 1. The van der Waals surface area contributed by atoms with E-state index in [1.165, 1.54) is 0 Å². The highest BCUT2D eigenvalue weighted by molar-refractivity contribution is 5.86. The third kappa shape index (κ3) is 6.99. The summed E-state index contributed by atoms with van der Waals surface area (Å²) >= 11 is 0. The van der Waals surface area contributed by atoms with Crippen LogP contribution < -0.4 is 9.47 Å². The zero-order valence-corrected chi connectivity index (χ0v) is 14.9. The molecule has 5 nitrogen and oxygen atoms in total. The van der Waals surface area contributed by atoms with Gasteiger partial charge in [0.15, 0.2) is 0 Å². The average Bonchev–Trinajstić information content (AvgIpc) is 2.66. The number of carbonyl (C=O) groups excluding carboxylic acids is 1. The predicted octanol–water partition coefficient (Wildman–Crippen LogP) is 3.17. The van der Waals surface area contributed by atoms with Crippen molar-refractivity contribution in [3.8, 4) is 11.5 Å². The number of ether oxygens (including phenoxy) is 3. The second-order valence-electron chi connectivity index (χ2n) is 5.90. The lowest BCUT2D eigenvalue weighted by atomic mass is 10.1. The Labute approximate surface area is 153 Å². The molecule has 138 valence electrons. The number of para-hydroxylation sites is 1. The highest BCUT2D eigenvalue weighted by atomic mass is 16.5. The van der Waals surface area contributed by atoms with Crippen molar-refractivity contribution in [2.75, 3.05) is 19.8 Å². The van der Waals surface area contributed by atoms with Crippen LogP contribution in [0, 0.1) is 0 Å². The van der Waals surface area contributed by atoms with Crippen molar-refractivity contribution in [2.45, 2.75) is 19.4 Å². The summed E-state index contributed by atoms with van der Waals surface area (Å²) in [6.07, 6.45) is -0.108. The van der Waals surface area contributed by atoms with Gasteiger partial charge in [-0.05, 0) is 36.8 Å². The zero-order chi connectivity index (χ0) is 18.8. The van der Waals surface area contributed by atoms with E-state index < -0.39 is 6.10 Å². The van der Waals surface area contributed by atoms with Crippen molar-refractivity contribution < 1.29 is 24.1 Å². The Bertz CT molecular complexity index is 694. The van der Waals surface area contributed by atoms with Crippen LogP contribution in [0.5, 0.6) is 11.5 Å². The molecule has 0 radical (unpaired) electrons. The van der Waals surface area contributed by atoms with Crippen LogP contribution in [0.15, 0.2) is 66.7 Å².